The molecular weight excluding hydrogens is 320 g/mol. The summed E-state index contributed by atoms with van der Waals surface area (Å²) in [5.74, 6) is -0.781. The van der Waals surface area contributed by atoms with Crippen molar-refractivity contribution in [2.24, 2.45) is 0 Å². The fraction of sp³-hybridized carbons (Fsp3) is 0.200. The SMILES string of the molecule is Cc1ccc(C(=O)OCc2cc(=O)oc3cc(C)c(C)cc23)c(O)c1. The number of rotatable bonds is 3. The Balaban J connectivity index is 1.91. The zero-order valence-corrected chi connectivity index (χ0v) is 14.3. The largest absolute Gasteiger partial charge is 0.507 e. The van der Waals surface area contributed by atoms with Crippen LogP contribution in [0.5, 0.6) is 5.75 Å². The van der Waals surface area contributed by atoms with Gasteiger partial charge in [-0.25, -0.2) is 9.59 Å². The lowest BCUT2D eigenvalue weighted by molar-refractivity contribution is 0.0470. The third-order valence-corrected chi connectivity index (χ3v) is 4.18. The van der Waals surface area contributed by atoms with Gasteiger partial charge in [0, 0.05) is 17.0 Å². The summed E-state index contributed by atoms with van der Waals surface area (Å²) >= 11 is 0. The van der Waals surface area contributed by atoms with Crippen molar-refractivity contribution in [1.29, 1.82) is 0 Å². The van der Waals surface area contributed by atoms with Crippen LogP contribution in [0.4, 0.5) is 0 Å². The molecule has 0 fully saturated rings. The molecule has 3 rings (SSSR count). The fourth-order valence-electron chi connectivity index (χ4n) is 2.64. The lowest BCUT2D eigenvalue weighted by Crippen LogP contribution is -2.08. The van der Waals surface area contributed by atoms with Gasteiger partial charge in [0.15, 0.2) is 0 Å². The van der Waals surface area contributed by atoms with Gasteiger partial charge in [0.2, 0.25) is 0 Å². The van der Waals surface area contributed by atoms with E-state index in [4.69, 9.17) is 9.15 Å². The van der Waals surface area contributed by atoms with Crippen LogP contribution < -0.4 is 5.63 Å². The molecule has 0 saturated heterocycles. The van der Waals surface area contributed by atoms with Crippen LogP contribution in [0.25, 0.3) is 11.0 Å². The number of fused-ring (bicyclic) bond motifs is 1. The minimum Gasteiger partial charge on any atom is -0.507 e. The summed E-state index contributed by atoms with van der Waals surface area (Å²) in [4.78, 5) is 24.0. The van der Waals surface area contributed by atoms with Gasteiger partial charge in [-0.1, -0.05) is 6.07 Å². The summed E-state index contributed by atoms with van der Waals surface area (Å²) in [7, 11) is 0. The number of aryl methyl sites for hydroxylation is 3. The second-order valence-corrected chi connectivity index (χ2v) is 6.12. The van der Waals surface area contributed by atoms with E-state index in [1.807, 2.05) is 26.8 Å². The first kappa shape index (κ1) is 16.8. The number of esters is 1. The summed E-state index contributed by atoms with van der Waals surface area (Å²) in [6, 6.07) is 9.74. The van der Waals surface area contributed by atoms with Gasteiger partial charge >= 0.3 is 11.6 Å². The van der Waals surface area contributed by atoms with E-state index in [1.165, 1.54) is 18.2 Å². The molecule has 0 amide bonds. The second-order valence-electron chi connectivity index (χ2n) is 6.12. The van der Waals surface area contributed by atoms with Crippen molar-refractivity contribution in [3.05, 3.63) is 74.6 Å². The van der Waals surface area contributed by atoms with E-state index in [2.05, 4.69) is 0 Å². The van der Waals surface area contributed by atoms with Crippen LogP contribution in [-0.4, -0.2) is 11.1 Å². The number of ether oxygens (including phenoxy) is 1. The molecule has 5 heteroatoms. The smallest absolute Gasteiger partial charge is 0.342 e. The predicted molar refractivity (Wildman–Crippen MR) is 93.9 cm³/mol. The van der Waals surface area contributed by atoms with E-state index < -0.39 is 11.6 Å². The van der Waals surface area contributed by atoms with Gasteiger partial charge in [0.05, 0.1) is 0 Å². The molecule has 0 atom stereocenters. The Labute approximate surface area is 144 Å². The highest BCUT2D eigenvalue weighted by Gasteiger charge is 2.14. The minimum atomic E-state index is -0.650. The van der Waals surface area contributed by atoms with Crippen molar-refractivity contribution in [3.63, 3.8) is 0 Å². The van der Waals surface area contributed by atoms with E-state index >= 15 is 0 Å². The maximum absolute atomic E-state index is 12.2. The zero-order chi connectivity index (χ0) is 18.1. The Morgan fingerprint density at radius 2 is 1.80 bits per heavy atom. The highest BCUT2D eigenvalue weighted by Crippen LogP contribution is 2.24. The molecule has 0 bridgehead atoms. The lowest BCUT2D eigenvalue weighted by atomic mass is 10.0. The van der Waals surface area contributed by atoms with Crippen LogP contribution >= 0.6 is 0 Å². The maximum Gasteiger partial charge on any atom is 0.342 e. The normalized spacial score (nSPS) is 10.8. The number of phenols is 1. The molecule has 0 unspecified atom stereocenters. The first-order valence-electron chi connectivity index (χ1n) is 7.86. The Morgan fingerprint density at radius 1 is 1.08 bits per heavy atom. The van der Waals surface area contributed by atoms with E-state index in [0.717, 1.165) is 22.1 Å². The molecule has 1 aromatic heterocycles. The standard InChI is InChI=1S/C20H18O5/c1-11-4-5-15(17(21)6-11)20(23)24-10-14-9-19(22)25-18-8-13(3)12(2)7-16(14)18/h4-9,21H,10H2,1-3H3. The molecule has 0 aliphatic carbocycles. The Kier molecular flexibility index (Phi) is 4.31. The van der Waals surface area contributed by atoms with Crippen LogP contribution in [0.15, 0.2) is 45.6 Å². The summed E-state index contributed by atoms with van der Waals surface area (Å²) in [5, 5.41) is 10.6. The van der Waals surface area contributed by atoms with Gasteiger partial charge in [-0.3, -0.25) is 0 Å². The third-order valence-electron chi connectivity index (χ3n) is 4.18. The van der Waals surface area contributed by atoms with Gasteiger partial charge in [-0.05, 0) is 61.7 Å². The third kappa shape index (κ3) is 3.40. The molecule has 0 saturated carbocycles. The van der Waals surface area contributed by atoms with E-state index in [9.17, 15) is 14.7 Å². The van der Waals surface area contributed by atoms with Gasteiger partial charge in [-0.15, -0.1) is 0 Å². The van der Waals surface area contributed by atoms with Crippen molar-refractivity contribution in [1.82, 2.24) is 0 Å². The van der Waals surface area contributed by atoms with Gasteiger partial charge in [0.1, 0.15) is 23.5 Å². The number of phenolic OH excluding ortho intramolecular Hbond substituents is 1. The quantitative estimate of drug-likeness (QED) is 0.581. The molecule has 1 heterocycles. The van der Waals surface area contributed by atoms with Crippen LogP contribution in [0.1, 0.15) is 32.6 Å². The number of carbonyl (C=O) groups excluding carboxylic acids is 1. The molecular formula is C20H18O5. The van der Waals surface area contributed by atoms with E-state index in [1.54, 1.807) is 12.1 Å². The summed E-state index contributed by atoms with van der Waals surface area (Å²) in [6.07, 6.45) is 0. The average Bonchev–Trinajstić information content (AvgIpc) is 2.54. The maximum atomic E-state index is 12.2. The van der Waals surface area contributed by atoms with Crippen LogP contribution in [0.2, 0.25) is 0 Å². The molecule has 0 aliphatic rings. The number of aromatic hydroxyl groups is 1. The highest BCUT2D eigenvalue weighted by molar-refractivity contribution is 5.92. The van der Waals surface area contributed by atoms with Crippen LogP contribution in [0.3, 0.4) is 0 Å². The molecule has 3 aromatic rings. The Morgan fingerprint density at radius 3 is 2.52 bits per heavy atom. The number of hydrogen-bond acceptors (Lipinski definition) is 5. The van der Waals surface area contributed by atoms with Crippen molar-refractivity contribution >= 4 is 16.9 Å². The predicted octanol–water partition coefficient (Wildman–Crippen LogP) is 3.78. The Hall–Kier alpha value is -3.08. The summed E-state index contributed by atoms with van der Waals surface area (Å²) < 4.78 is 10.5. The van der Waals surface area contributed by atoms with E-state index in [-0.39, 0.29) is 17.9 Å². The van der Waals surface area contributed by atoms with Crippen molar-refractivity contribution in [2.45, 2.75) is 27.4 Å². The van der Waals surface area contributed by atoms with E-state index in [0.29, 0.717) is 11.1 Å². The Bertz CT molecular complexity index is 1030. The van der Waals surface area contributed by atoms with Crippen molar-refractivity contribution in [2.75, 3.05) is 0 Å². The molecule has 5 nitrogen and oxygen atoms in total. The molecule has 25 heavy (non-hydrogen) atoms. The van der Waals surface area contributed by atoms with Crippen LogP contribution in [-0.2, 0) is 11.3 Å². The molecule has 2 aromatic carbocycles. The first-order chi connectivity index (χ1) is 11.8. The lowest BCUT2D eigenvalue weighted by Gasteiger charge is -2.10. The second kappa shape index (κ2) is 6.43. The van der Waals surface area contributed by atoms with Gasteiger partial charge in [0.25, 0.3) is 0 Å². The van der Waals surface area contributed by atoms with Gasteiger partial charge in [-0.2, -0.15) is 0 Å². The molecule has 0 spiro atoms. The topological polar surface area (TPSA) is 76.7 Å². The molecule has 128 valence electrons. The number of hydrogen-bond donors (Lipinski definition) is 1. The van der Waals surface area contributed by atoms with Gasteiger partial charge < -0.3 is 14.3 Å². The number of benzene rings is 2. The van der Waals surface area contributed by atoms with Crippen LogP contribution in [0, 0.1) is 20.8 Å². The zero-order valence-electron chi connectivity index (χ0n) is 14.3. The van der Waals surface area contributed by atoms with Crippen molar-refractivity contribution < 1.29 is 19.1 Å². The molecule has 0 radical (unpaired) electrons. The average molecular weight is 338 g/mol. The molecule has 0 aliphatic heterocycles. The highest BCUT2D eigenvalue weighted by atomic mass is 16.5. The monoisotopic (exact) mass is 338 g/mol. The fourth-order valence-corrected chi connectivity index (χ4v) is 2.64. The number of carbonyl (C=O) groups is 1. The first-order valence-corrected chi connectivity index (χ1v) is 7.86. The minimum absolute atomic E-state index is 0.0866. The van der Waals surface area contributed by atoms with Crippen molar-refractivity contribution in [3.8, 4) is 5.75 Å². The molecule has 1 N–H and O–H groups in total. The summed E-state index contributed by atoms with van der Waals surface area (Å²) in [6.45, 7) is 5.62. The summed E-state index contributed by atoms with van der Waals surface area (Å²) in [5.41, 5.74) is 3.50.